The van der Waals surface area contributed by atoms with Crippen molar-refractivity contribution in [1.29, 1.82) is 0 Å². The highest BCUT2D eigenvalue weighted by Gasteiger charge is 2.08. The largest absolute Gasteiger partial charge is 0.326 e. The normalized spacial score (nSPS) is 10.3. The van der Waals surface area contributed by atoms with Crippen LogP contribution >= 0.6 is 0 Å². The maximum absolute atomic E-state index is 12.1. The Morgan fingerprint density at radius 3 is 2.33 bits per heavy atom. The van der Waals surface area contributed by atoms with Crippen LogP contribution in [0, 0.1) is 6.92 Å². The van der Waals surface area contributed by atoms with Gasteiger partial charge >= 0.3 is 0 Å². The molecule has 18 heavy (non-hydrogen) atoms. The number of benzene rings is 2. The van der Waals surface area contributed by atoms with Gasteiger partial charge in [0.05, 0.1) is 0 Å². The first kappa shape index (κ1) is 12.5. The van der Waals surface area contributed by atoms with Crippen molar-refractivity contribution < 1.29 is 4.79 Å². The minimum atomic E-state index is 0.146. The lowest BCUT2D eigenvalue weighted by Crippen LogP contribution is -2.05. The molecule has 0 fully saturated rings. The van der Waals surface area contributed by atoms with Gasteiger partial charge in [-0.3, -0.25) is 4.79 Å². The van der Waals surface area contributed by atoms with Crippen molar-refractivity contribution in [3.63, 3.8) is 0 Å². The standard InChI is InChI=1S/C16H17NO/c1-12-4-2-3-5-15(12)10-16(18)14-8-6-13(11-17)7-9-14/h2-9H,10-11,17H2,1H3. The average Bonchev–Trinajstić information content (AvgIpc) is 2.41. The number of hydrogen-bond acceptors (Lipinski definition) is 2. The minimum Gasteiger partial charge on any atom is -0.326 e. The van der Waals surface area contributed by atoms with Crippen LogP contribution < -0.4 is 5.73 Å². The maximum atomic E-state index is 12.1. The Labute approximate surface area is 107 Å². The fourth-order valence-electron chi connectivity index (χ4n) is 1.91. The average molecular weight is 239 g/mol. The van der Waals surface area contributed by atoms with Crippen molar-refractivity contribution in [2.24, 2.45) is 5.73 Å². The molecule has 0 aliphatic heterocycles. The number of rotatable bonds is 4. The summed E-state index contributed by atoms with van der Waals surface area (Å²) in [5, 5.41) is 0. The van der Waals surface area contributed by atoms with Crippen molar-refractivity contribution >= 4 is 5.78 Å². The Hall–Kier alpha value is -1.93. The molecule has 2 aromatic carbocycles. The van der Waals surface area contributed by atoms with E-state index in [1.807, 2.05) is 55.5 Å². The zero-order valence-electron chi connectivity index (χ0n) is 10.5. The molecule has 0 radical (unpaired) electrons. The fraction of sp³-hybridized carbons (Fsp3) is 0.188. The molecule has 2 N–H and O–H groups in total. The van der Waals surface area contributed by atoms with E-state index in [-0.39, 0.29) is 5.78 Å². The molecule has 0 aliphatic rings. The summed E-state index contributed by atoms with van der Waals surface area (Å²) in [7, 11) is 0. The molecule has 0 heterocycles. The lowest BCUT2D eigenvalue weighted by atomic mass is 9.99. The Bertz CT molecular complexity index is 543. The van der Waals surface area contributed by atoms with E-state index in [0.717, 1.165) is 22.3 Å². The lowest BCUT2D eigenvalue weighted by molar-refractivity contribution is 0.0993. The highest BCUT2D eigenvalue weighted by Crippen LogP contribution is 2.12. The molecule has 2 nitrogen and oxygen atoms in total. The molecule has 2 rings (SSSR count). The highest BCUT2D eigenvalue weighted by molar-refractivity contribution is 5.97. The zero-order valence-corrected chi connectivity index (χ0v) is 10.5. The van der Waals surface area contributed by atoms with E-state index < -0.39 is 0 Å². The van der Waals surface area contributed by atoms with Gasteiger partial charge in [-0.15, -0.1) is 0 Å². The van der Waals surface area contributed by atoms with E-state index in [1.54, 1.807) is 0 Å². The Morgan fingerprint density at radius 2 is 1.72 bits per heavy atom. The van der Waals surface area contributed by atoms with Gasteiger partial charge < -0.3 is 5.73 Å². The summed E-state index contributed by atoms with van der Waals surface area (Å²) in [4.78, 5) is 12.1. The van der Waals surface area contributed by atoms with Gasteiger partial charge in [0.25, 0.3) is 0 Å². The third kappa shape index (κ3) is 2.84. The van der Waals surface area contributed by atoms with Gasteiger partial charge in [-0.25, -0.2) is 0 Å². The molecule has 2 aromatic rings. The first-order valence-electron chi connectivity index (χ1n) is 6.07. The van der Waals surface area contributed by atoms with Gasteiger partial charge in [-0.2, -0.15) is 0 Å². The quantitative estimate of drug-likeness (QED) is 0.834. The van der Waals surface area contributed by atoms with E-state index in [2.05, 4.69) is 0 Å². The van der Waals surface area contributed by atoms with Gasteiger partial charge in [0.15, 0.2) is 5.78 Å². The van der Waals surface area contributed by atoms with Crippen LogP contribution in [0.3, 0.4) is 0 Å². The number of ketones is 1. The van der Waals surface area contributed by atoms with Crippen molar-refractivity contribution in [1.82, 2.24) is 0 Å². The number of Topliss-reactive ketones (excluding diaryl/α,β-unsaturated/α-hetero) is 1. The van der Waals surface area contributed by atoms with Gasteiger partial charge in [0.1, 0.15) is 0 Å². The van der Waals surface area contributed by atoms with E-state index >= 15 is 0 Å². The molecule has 0 bridgehead atoms. The van der Waals surface area contributed by atoms with Crippen molar-refractivity contribution in [3.05, 3.63) is 70.8 Å². The molecule has 0 saturated heterocycles. The van der Waals surface area contributed by atoms with Crippen LogP contribution in [0.25, 0.3) is 0 Å². The maximum Gasteiger partial charge on any atom is 0.167 e. The zero-order chi connectivity index (χ0) is 13.0. The topological polar surface area (TPSA) is 43.1 Å². The van der Waals surface area contributed by atoms with E-state index in [0.29, 0.717) is 13.0 Å². The summed E-state index contributed by atoms with van der Waals surface area (Å²) >= 11 is 0. The van der Waals surface area contributed by atoms with Crippen LogP contribution in [0.15, 0.2) is 48.5 Å². The molecule has 0 saturated carbocycles. The highest BCUT2D eigenvalue weighted by atomic mass is 16.1. The number of nitrogens with two attached hydrogens (primary N) is 1. The molecule has 92 valence electrons. The monoisotopic (exact) mass is 239 g/mol. The van der Waals surface area contributed by atoms with E-state index in [4.69, 9.17) is 5.73 Å². The molecule has 0 aromatic heterocycles. The number of carbonyl (C=O) groups excluding carboxylic acids is 1. The van der Waals surface area contributed by atoms with Crippen LogP contribution in [-0.4, -0.2) is 5.78 Å². The number of aryl methyl sites for hydroxylation is 1. The van der Waals surface area contributed by atoms with Gasteiger partial charge in [0.2, 0.25) is 0 Å². The predicted octanol–water partition coefficient (Wildman–Crippen LogP) is 2.88. The predicted molar refractivity (Wildman–Crippen MR) is 73.5 cm³/mol. The van der Waals surface area contributed by atoms with E-state index in [1.165, 1.54) is 0 Å². The second kappa shape index (κ2) is 5.61. The van der Waals surface area contributed by atoms with Crippen LogP contribution in [0.5, 0.6) is 0 Å². The second-order valence-electron chi connectivity index (χ2n) is 4.43. The number of carbonyl (C=O) groups is 1. The van der Waals surface area contributed by atoms with Gasteiger partial charge in [-0.1, -0.05) is 48.5 Å². The van der Waals surface area contributed by atoms with Gasteiger partial charge in [0, 0.05) is 18.5 Å². The summed E-state index contributed by atoms with van der Waals surface area (Å²) in [5.74, 6) is 0.146. The third-order valence-electron chi connectivity index (χ3n) is 3.12. The SMILES string of the molecule is Cc1ccccc1CC(=O)c1ccc(CN)cc1. The van der Waals surface area contributed by atoms with Crippen LogP contribution in [0.2, 0.25) is 0 Å². The molecule has 0 spiro atoms. The first-order valence-corrected chi connectivity index (χ1v) is 6.07. The minimum absolute atomic E-state index is 0.146. The molecule has 2 heteroatoms. The molecule has 0 aliphatic carbocycles. The van der Waals surface area contributed by atoms with Crippen molar-refractivity contribution in [2.75, 3.05) is 0 Å². The summed E-state index contributed by atoms with van der Waals surface area (Å²) < 4.78 is 0. The van der Waals surface area contributed by atoms with Gasteiger partial charge in [-0.05, 0) is 23.6 Å². The van der Waals surface area contributed by atoms with E-state index in [9.17, 15) is 4.79 Å². The Balaban J connectivity index is 2.14. The second-order valence-corrected chi connectivity index (χ2v) is 4.43. The number of hydrogen-bond donors (Lipinski definition) is 1. The first-order chi connectivity index (χ1) is 8.70. The van der Waals surface area contributed by atoms with Crippen LogP contribution in [-0.2, 0) is 13.0 Å². The van der Waals surface area contributed by atoms with Crippen molar-refractivity contribution in [3.8, 4) is 0 Å². The molecule has 0 atom stereocenters. The molecule has 0 amide bonds. The summed E-state index contributed by atoms with van der Waals surface area (Å²) in [6, 6.07) is 15.5. The van der Waals surface area contributed by atoms with Crippen LogP contribution in [0.4, 0.5) is 0 Å². The summed E-state index contributed by atoms with van der Waals surface area (Å²) in [5.41, 5.74) is 9.57. The Kier molecular flexibility index (Phi) is 3.90. The summed E-state index contributed by atoms with van der Waals surface area (Å²) in [6.45, 7) is 2.53. The van der Waals surface area contributed by atoms with Crippen molar-refractivity contribution in [2.45, 2.75) is 19.9 Å². The molecular formula is C16H17NO. The molecule has 0 unspecified atom stereocenters. The Morgan fingerprint density at radius 1 is 1.06 bits per heavy atom. The fourth-order valence-corrected chi connectivity index (χ4v) is 1.91. The third-order valence-corrected chi connectivity index (χ3v) is 3.12. The summed E-state index contributed by atoms with van der Waals surface area (Å²) in [6.07, 6.45) is 0.453. The lowest BCUT2D eigenvalue weighted by Gasteiger charge is -2.05. The molecular weight excluding hydrogens is 222 g/mol. The smallest absolute Gasteiger partial charge is 0.167 e. The van der Waals surface area contributed by atoms with Crippen LogP contribution in [0.1, 0.15) is 27.0 Å².